The van der Waals surface area contributed by atoms with Crippen LogP contribution in [-0.2, 0) is 0 Å². The van der Waals surface area contributed by atoms with Gasteiger partial charge in [0.05, 0.1) is 0 Å². The van der Waals surface area contributed by atoms with E-state index >= 15 is 0 Å². The zero-order chi connectivity index (χ0) is 8.43. The SMILES string of the molecule is CC(=S)c1ccc(C)nc1N. The van der Waals surface area contributed by atoms with Crippen LogP contribution in [0.1, 0.15) is 18.2 Å². The topological polar surface area (TPSA) is 38.9 Å². The van der Waals surface area contributed by atoms with E-state index in [4.69, 9.17) is 18.0 Å². The number of hydrogen-bond donors (Lipinski definition) is 1. The first-order valence-electron chi connectivity index (χ1n) is 3.35. The Kier molecular flexibility index (Phi) is 2.19. The van der Waals surface area contributed by atoms with Crippen molar-refractivity contribution in [2.24, 2.45) is 0 Å². The van der Waals surface area contributed by atoms with E-state index < -0.39 is 0 Å². The highest BCUT2D eigenvalue weighted by Gasteiger charge is 2.00. The summed E-state index contributed by atoms with van der Waals surface area (Å²) in [7, 11) is 0. The molecule has 0 aliphatic carbocycles. The van der Waals surface area contributed by atoms with Gasteiger partial charge >= 0.3 is 0 Å². The highest BCUT2D eigenvalue weighted by Crippen LogP contribution is 2.10. The number of nitrogens with two attached hydrogens (primary N) is 1. The van der Waals surface area contributed by atoms with Crippen LogP contribution in [0.3, 0.4) is 0 Å². The van der Waals surface area contributed by atoms with Gasteiger partial charge in [-0.2, -0.15) is 0 Å². The lowest BCUT2D eigenvalue weighted by molar-refractivity contribution is 1.21. The molecule has 1 aromatic heterocycles. The minimum absolute atomic E-state index is 0.525. The molecule has 0 saturated carbocycles. The van der Waals surface area contributed by atoms with Crippen LogP contribution in [0, 0.1) is 6.92 Å². The summed E-state index contributed by atoms with van der Waals surface area (Å²) < 4.78 is 0. The summed E-state index contributed by atoms with van der Waals surface area (Å²) in [6.07, 6.45) is 0. The van der Waals surface area contributed by atoms with Crippen molar-refractivity contribution in [2.75, 3.05) is 5.73 Å². The normalized spacial score (nSPS) is 9.64. The van der Waals surface area contributed by atoms with Crippen molar-refractivity contribution in [1.82, 2.24) is 4.98 Å². The van der Waals surface area contributed by atoms with Crippen LogP contribution in [0.15, 0.2) is 12.1 Å². The third-order valence-electron chi connectivity index (χ3n) is 1.44. The van der Waals surface area contributed by atoms with E-state index in [1.807, 2.05) is 26.0 Å². The van der Waals surface area contributed by atoms with E-state index in [1.165, 1.54) is 0 Å². The number of nitrogens with zero attached hydrogens (tertiary/aromatic N) is 1. The first-order valence-corrected chi connectivity index (χ1v) is 3.76. The summed E-state index contributed by atoms with van der Waals surface area (Å²) in [6.45, 7) is 3.75. The second-order valence-electron chi connectivity index (χ2n) is 2.44. The number of nitrogen functional groups attached to an aromatic ring is 1. The van der Waals surface area contributed by atoms with Gasteiger partial charge in [0, 0.05) is 16.1 Å². The van der Waals surface area contributed by atoms with Gasteiger partial charge in [-0.25, -0.2) is 4.98 Å². The molecule has 11 heavy (non-hydrogen) atoms. The van der Waals surface area contributed by atoms with Crippen LogP contribution in [0.5, 0.6) is 0 Å². The summed E-state index contributed by atoms with van der Waals surface area (Å²) in [6, 6.07) is 3.81. The van der Waals surface area contributed by atoms with E-state index in [9.17, 15) is 0 Å². The maximum absolute atomic E-state index is 5.62. The Labute approximate surface area is 71.4 Å². The molecule has 1 heterocycles. The molecule has 0 amide bonds. The third-order valence-corrected chi connectivity index (χ3v) is 1.66. The van der Waals surface area contributed by atoms with Crippen molar-refractivity contribution in [3.63, 3.8) is 0 Å². The molecule has 0 unspecified atom stereocenters. The van der Waals surface area contributed by atoms with Crippen molar-refractivity contribution in [3.05, 3.63) is 23.4 Å². The predicted molar refractivity (Wildman–Crippen MR) is 50.8 cm³/mol. The van der Waals surface area contributed by atoms with Gasteiger partial charge in [0.2, 0.25) is 0 Å². The average molecular weight is 166 g/mol. The first kappa shape index (κ1) is 8.14. The van der Waals surface area contributed by atoms with Gasteiger partial charge in [-0.15, -0.1) is 0 Å². The van der Waals surface area contributed by atoms with Crippen molar-refractivity contribution in [2.45, 2.75) is 13.8 Å². The highest BCUT2D eigenvalue weighted by molar-refractivity contribution is 7.80. The minimum atomic E-state index is 0.525. The molecule has 0 aromatic carbocycles. The van der Waals surface area contributed by atoms with E-state index in [1.54, 1.807) is 0 Å². The molecule has 0 atom stereocenters. The summed E-state index contributed by atoms with van der Waals surface area (Å²) in [5.74, 6) is 0.525. The number of anilines is 1. The Balaban J connectivity index is 3.20. The van der Waals surface area contributed by atoms with Gasteiger partial charge in [0.25, 0.3) is 0 Å². The van der Waals surface area contributed by atoms with E-state index in [0.29, 0.717) is 5.82 Å². The second kappa shape index (κ2) is 2.96. The van der Waals surface area contributed by atoms with Crippen LogP contribution < -0.4 is 5.73 Å². The largest absolute Gasteiger partial charge is 0.383 e. The highest BCUT2D eigenvalue weighted by atomic mass is 32.1. The Morgan fingerprint density at radius 3 is 2.64 bits per heavy atom. The lowest BCUT2D eigenvalue weighted by atomic mass is 10.2. The molecule has 0 aliphatic heterocycles. The summed E-state index contributed by atoms with van der Waals surface area (Å²) in [5, 5.41) is 0. The predicted octanol–water partition coefficient (Wildman–Crippen LogP) is 1.71. The maximum Gasteiger partial charge on any atom is 0.132 e. The average Bonchev–Trinajstić information content (AvgIpc) is 1.85. The zero-order valence-corrected chi connectivity index (χ0v) is 7.40. The fourth-order valence-electron chi connectivity index (χ4n) is 0.875. The van der Waals surface area contributed by atoms with E-state index in [-0.39, 0.29) is 0 Å². The number of aryl methyl sites for hydroxylation is 1. The second-order valence-corrected chi connectivity index (χ2v) is 3.05. The Hall–Kier alpha value is -0.960. The quantitative estimate of drug-likeness (QED) is 0.510. The standard InChI is InChI=1S/C8H10N2S/c1-5-3-4-7(6(2)11)8(9)10-5/h3-4H,1-2H3,(H2,9,10). The van der Waals surface area contributed by atoms with Crippen molar-refractivity contribution in [1.29, 1.82) is 0 Å². The van der Waals surface area contributed by atoms with Crippen LogP contribution in [0.4, 0.5) is 5.82 Å². The number of aromatic nitrogens is 1. The Morgan fingerprint density at radius 1 is 1.55 bits per heavy atom. The third kappa shape index (κ3) is 1.74. The molecule has 58 valence electrons. The summed E-state index contributed by atoms with van der Waals surface area (Å²) in [4.78, 5) is 4.87. The Morgan fingerprint density at radius 2 is 2.18 bits per heavy atom. The van der Waals surface area contributed by atoms with E-state index in [0.717, 1.165) is 16.1 Å². The number of pyridine rings is 1. The van der Waals surface area contributed by atoms with Crippen molar-refractivity contribution < 1.29 is 0 Å². The maximum atomic E-state index is 5.62. The van der Waals surface area contributed by atoms with Crippen LogP contribution in [0.2, 0.25) is 0 Å². The molecule has 2 nitrogen and oxygen atoms in total. The van der Waals surface area contributed by atoms with Crippen molar-refractivity contribution in [3.8, 4) is 0 Å². The van der Waals surface area contributed by atoms with Gasteiger partial charge in [-0.1, -0.05) is 12.2 Å². The molecule has 1 rings (SSSR count). The van der Waals surface area contributed by atoms with Gasteiger partial charge in [0.15, 0.2) is 0 Å². The van der Waals surface area contributed by atoms with Gasteiger partial charge in [-0.05, 0) is 26.0 Å². The molecular formula is C8H10N2S. The summed E-state index contributed by atoms with van der Waals surface area (Å²) in [5.41, 5.74) is 7.41. The molecule has 0 radical (unpaired) electrons. The molecule has 3 heteroatoms. The fraction of sp³-hybridized carbons (Fsp3) is 0.250. The van der Waals surface area contributed by atoms with Gasteiger partial charge in [0.1, 0.15) is 5.82 Å². The molecule has 1 aromatic rings. The minimum Gasteiger partial charge on any atom is -0.383 e. The number of thiocarbonyl (C=S) groups is 1. The molecule has 0 aliphatic rings. The molecule has 0 spiro atoms. The van der Waals surface area contributed by atoms with E-state index in [2.05, 4.69) is 4.98 Å². The van der Waals surface area contributed by atoms with Gasteiger partial charge < -0.3 is 5.73 Å². The summed E-state index contributed by atoms with van der Waals surface area (Å²) >= 11 is 4.97. The number of rotatable bonds is 1. The molecule has 2 N–H and O–H groups in total. The molecule has 0 saturated heterocycles. The van der Waals surface area contributed by atoms with Crippen LogP contribution >= 0.6 is 12.2 Å². The molecule has 0 bridgehead atoms. The van der Waals surface area contributed by atoms with Crippen molar-refractivity contribution >= 4 is 22.9 Å². The van der Waals surface area contributed by atoms with Gasteiger partial charge in [-0.3, -0.25) is 0 Å². The molecular weight excluding hydrogens is 156 g/mol. The lowest BCUT2D eigenvalue weighted by Crippen LogP contribution is -2.01. The number of hydrogen-bond acceptors (Lipinski definition) is 3. The Bertz CT molecular complexity index is 294. The first-order chi connectivity index (χ1) is 5.11. The lowest BCUT2D eigenvalue weighted by Gasteiger charge is -2.02. The monoisotopic (exact) mass is 166 g/mol. The van der Waals surface area contributed by atoms with Crippen LogP contribution in [0.25, 0.3) is 0 Å². The van der Waals surface area contributed by atoms with Crippen LogP contribution in [-0.4, -0.2) is 9.85 Å². The smallest absolute Gasteiger partial charge is 0.132 e. The fourth-order valence-corrected chi connectivity index (χ4v) is 1.05. The molecule has 0 fully saturated rings. The zero-order valence-electron chi connectivity index (χ0n) is 6.59.